The third-order valence-corrected chi connectivity index (χ3v) is 5.79. The second-order valence-electron chi connectivity index (χ2n) is 4.52. The van der Waals surface area contributed by atoms with E-state index in [1.807, 2.05) is 0 Å². The van der Waals surface area contributed by atoms with Crippen molar-refractivity contribution in [2.75, 3.05) is 24.2 Å². The highest BCUT2D eigenvalue weighted by atomic mass is 32.2. The molecule has 1 aromatic heterocycles. The van der Waals surface area contributed by atoms with Gasteiger partial charge in [0, 0.05) is 18.0 Å². The van der Waals surface area contributed by atoms with Gasteiger partial charge in [-0.3, -0.25) is 4.79 Å². The van der Waals surface area contributed by atoms with Crippen LogP contribution in [0.15, 0.2) is 0 Å². The Balaban J connectivity index is 1.79. The Morgan fingerprint density at radius 3 is 2.85 bits per heavy atom. The summed E-state index contributed by atoms with van der Waals surface area (Å²) in [6.07, 6.45) is 3.34. The number of carbonyl (C=O) groups is 1. The van der Waals surface area contributed by atoms with Gasteiger partial charge in [0.05, 0.1) is 11.4 Å². The molecule has 2 rings (SSSR count). The second kappa shape index (κ2) is 7.38. The number of hydrogen-bond acceptors (Lipinski definition) is 5. The highest BCUT2D eigenvalue weighted by Gasteiger charge is 2.18. The number of thiazole rings is 1. The van der Waals surface area contributed by atoms with Crippen molar-refractivity contribution in [3.8, 4) is 0 Å². The molecule has 0 aliphatic heterocycles. The Labute approximate surface area is 133 Å². The number of aryl methyl sites for hydroxylation is 2. The summed E-state index contributed by atoms with van der Waals surface area (Å²) >= 11 is 8.32. The molecule has 1 N–H and O–H groups in total. The summed E-state index contributed by atoms with van der Waals surface area (Å²) in [4.78, 5) is 19.8. The molecule has 4 nitrogen and oxygen atoms in total. The van der Waals surface area contributed by atoms with E-state index in [2.05, 4.69) is 29.0 Å². The lowest BCUT2D eigenvalue weighted by Gasteiger charge is -2.20. The van der Waals surface area contributed by atoms with Gasteiger partial charge in [0.15, 0.2) is 5.13 Å². The average molecular weight is 330 g/mol. The van der Waals surface area contributed by atoms with Gasteiger partial charge in [-0.15, -0.1) is 11.3 Å². The molecule has 0 fully saturated rings. The smallest absolute Gasteiger partial charge is 0.236 e. The van der Waals surface area contributed by atoms with Crippen molar-refractivity contribution in [1.82, 2.24) is 9.88 Å². The van der Waals surface area contributed by atoms with E-state index in [1.165, 1.54) is 23.1 Å². The molecule has 0 atom stereocenters. The number of carbonyl (C=O) groups excluding carboxylic acids is 1. The molecule has 0 saturated heterocycles. The third-order valence-electron chi connectivity index (χ3n) is 3.19. The number of amides is 1. The molecule has 0 saturated carbocycles. The number of nitrogens with zero attached hydrogens (tertiary/aromatic N) is 2. The fourth-order valence-corrected chi connectivity index (χ4v) is 4.37. The first kappa shape index (κ1) is 15.7. The zero-order valence-electron chi connectivity index (χ0n) is 11.8. The van der Waals surface area contributed by atoms with E-state index in [4.69, 9.17) is 12.2 Å². The van der Waals surface area contributed by atoms with E-state index in [1.54, 1.807) is 11.3 Å². The summed E-state index contributed by atoms with van der Waals surface area (Å²) in [5.74, 6) is 0.316. The number of aromatic nitrogens is 1. The van der Waals surface area contributed by atoms with Crippen LogP contribution in [0.25, 0.3) is 0 Å². The molecule has 0 unspecified atom stereocenters. The van der Waals surface area contributed by atoms with Crippen LogP contribution < -0.4 is 5.32 Å². The minimum atomic E-state index is -0.0306. The fourth-order valence-electron chi connectivity index (χ4n) is 2.10. The molecule has 110 valence electrons. The van der Waals surface area contributed by atoms with Crippen molar-refractivity contribution in [1.29, 1.82) is 0 Å². The van der Waals surface area contributed by atoms with E-state index < -0.39 is 0 Å². The van der Waals surface area contributed by atoms with Crippen molar-refractivity contribution >= 4 is 50.7 Å². The molecule has 0 spiro atoms. The molecule has 1 heterocycles. The van der Waals surface area contributed by atoms with Crippen LogP contribution in [0.2, 0.25) is 0 Å². The Hall–Kier alpha value is -0.660. The first-order chi connectivity index (χ1) is 9.63. The first-order valence-electron chi connectivity index (χ1n) is 6.84. The van der Waals surface area contributed by atoms with Gasteiger partial charge < -0.3 is 10.2 Å². The molecule has 1 aliphatic carbocycles. The molecule has 0 bridgehead atoms. The Kier molecular flexibility index (Phi) is 5.80. The maximum Gasteiger partial charge on any atom is 0.236 e. The number of thioether (sulfide) groups is 1. The average Bonchev–Trinajstić information content (AvgIpc) is 2.98. The monoisotopic (exact) mass is 329 g/mol. The van der Waals surface area contributed by atoms with Gasteiger partial charge in [0.1, 0.15) is 4.32 Å². The van der Waals surface area contributed by atoms with Crippen molar-refractivity contribution in [3.05, 3.63) is 10.6 Å². The molecule has 1 aromatic rings. The van der Waals surface area contributed by atoms with E-state index in [-0.39, 0.29) is 5.91 Å². The third kappa shape index (κ3) is 3.93. The van der Waals surface area contributed by atoms with Gasteiger partial charge in [-0.25, -0.2) is 4.98 Å². The van der Waals surface area contributed by atoms with Crippen LogP contribution in [-0.2, 0) is 17.6 Å². The molecule has 0 aromatic carbocycles. The van der Waals surface area contributed by atoms with E-state index in [0.717, 1.165) is 41.1 Å². The number of rotatable bonds is 5. The number of hydrogen-bond donors (Lipinski definition) is 1. The number of fused-ring (bicyclic) bond motifs is 1. The minimum absolute atomic E-state index is 0.0306. The predicted molar refractivity (Wildman–Crippen MR) is 90.7 cm³/mol. The maximum atomic E-state index is 11.9. The highest BCUT2D eigenvalue weighted by molar-refractivity contribution is 8.23. The quantitative estimate of drug-likeness (QED) is 0.842. The van der Waals surface area contributed by atoms with Gasteiger partial charge in [-0.2, -0.15) is 0 Å². The fraction of sp³-hybridized carbons (Fsp3) is 0.615. The minimum Gasteiger partial charge on any atom is -0.358 e. The van der Waals surface area contributed by atoms with Crippen LogP contribution in [0.4, 0.5) is 5.13 Å². The van der Waals surface area contributed by atoms with Crippen LogP contribution in [-0.4, -0.2) is 39.0 Å². The van der Waals surface area contributed by atoms with Crippen molar-refractivity contribution in [2.24, 2.45) is 0 Å². The standard InChI is InChI=1S/C13H19N3OS3/c1-3-16(4-2)13(18)19-8-11(17)15-12-14-9-6-5-7-10(9)20-12/h3-8H2,1-2H3,(H,14,15,17). The van der Waals surface area contributed by atoms with Gasteiger partial charge in [-0.1, -0.05) is 24.0 Å². The Morgan fingerprint density at radius 2 is 2.20 bits per heavy atom. The molecule has 1 aliphatic rings. The normalized spacial score (nSPS) is 13.1. The summed E-state index contributed by atoms with van der Waals surface area (Å²) in [5.41, 5.74) is 1.16. The van der Waals surface area contributed by atoms with Crippen LogP contribution in [0, 0.1) is 0 Å². The first-order valence-corrected chi connectivity index (χ1v) is 9.05. The topological polar surface area (TPSA) is 45.2 Å². The van der Waals surface area contributed by atoms with Gasteiger partial charge >= 0.3 is 0 Å². The van der Waals surface area contributed by atoms with Crippen molar-refractivity contribution in [2.45, 2.75) is 33.1 Å². The van der Waals surface area contributed by atoms with Crippen LogP contribution >= 0.6 is 35.3 Å². The summed E-state index contributed by atoms with van der Waals surface area (Å²) in [6, 6.07) is 0. The lowest BCUT2D eigenvalue weighted by Crippen LogP contribution is -2.28. The maximum absolute atomic E-state index is 11.9. The van der Waals surface area contributed by atoms with Crippen molar-refractivity contribution in [3.63, 3.8) is 0 Å². The highest BCUT2D eigenvalue weighted by Crippen LogP contribution is 2.30. The second-order valence-corrected chi connectivity index (χ2v) is 7.21. The summed E-state index contributed by atoms with van der Waals surface area (Å²) in [6.45, 7) is 5.88. The Morgan fingerprint density at radius 1 is 1.45 bits per heavy atom. The number of anilines is 1. The van der Waals surface area contributed by atoms with Crippen LogP contribution in [0.1, 0.15) is 30.8 Å². The summed E-state index contributed by atoms with van der Waals surface area (Å²) in [5, 5.41) is 3.60. The zero-order chi connectivity index (χ0) is 14.5. The molecular formula is C13H19N3OS3. The number of nitrogens with one attached hydrogen (secondary N) is 1. The van der Waals surface area contributed by atoms with Crippen LogP contribution in [0.3, 0.4) is 0 Å². The van der Waals surface area contributed by atoms with Gasteiger partial charge in [0.2, 0.25) is 5.91 Å². The van der Waals surface area contributed by atoms with Crippen LogP contribution in [0.5, 0.6) is 0 Å². The summed E-state index contributed by atoms with van der Waals surface area (Å²) in [7, 11) is 0. The largest absolute Gasteiger partial charge is 0.358 e. The lowest BCUT2D eigenvalue weighted by atomic mass is 10.4. The lowest BCUT2D eigenvalue weighted by molar-refractivity contribution is -0.113. The van der Waals surface area contributed by atoms with E-state index in [0.29, 0.717) is 5.75 Å². The Bertz CT molecular complexity index is 476. The predicted octanol–water partition coefficient (Wildman–Crippen LogP) is 2.93. The summed E-state index contributed by atoms with van der Waals surface area (Å²) < 4.78 is 0.784. The van der Waals surface area contributed by atoms with Crippen molar-refractivity contribution < 1.29 is 4.79 Å². The molecule has 7 heteroatoms. The van der Waals surface area contributed by atoms with E-state index in [9.17, 15) is 4.79 Å². The molecule has 0 radical (unpaired) electrons. The van der Waals surface area contributed by atoms with Gasteiger partial charge in [0.25, 0.3) is 0 Å². The molecule has 1 amide bonds. The molecule has 20 heavy (non-hydrogen) atoms. The zero-order valence-corrected chi connectivity index (χ0v) is 14.2. The molecular weight excluding hydrogens is 310 g/mol. The SMILES string of the molecule is CCN(CC)C(=S)SCC(=O)Nc1nc2c(s1)CCC2. The number of thiocarbonyl (C=S) groups is 1. The van der Waals surface area contributed by atoms with Gasteiger partial charge in [-0.05, 0) is 33.1 Å². The van der Waals surface area contributed by atoms with E-state index >= 15 is 0 Å².